The van der Waals surface area contributed by atoms with E-state index in [2.05, 4.69) is 9.97 Å². The van der Waals surface area contributed by atoms with Gasteiger partial charge in [-0.05, 0) is 55.9 Å². The molecule has 0 spiro atoms. The van der Waals surface area contributed by atoms with Crippen LogP contribution in [0.1, 0.15) is 51.5 Å². The lowest BCUT2D eigenvalue weighted by Crippen LogP contribution is -2.48. The Morgan fingerprint density at radius 3 is 2.44 bits per heavy atom. The van der Waals surface area contributed by atoms with Crippen LogP contribution >= 0.6 is 11.6 Å². The number of carboxylic acids is 1. The van der Waals surface area contributed by atoms with Crippen molar-refractivity contribution < 1.29 is 24.5 Å². The number of aromatic amines is 1. The minimum atomic E-state index is -0.771. The molecule has 3 aromatic rings. The number of pyridine rings is 1. The number of H-pyrrole nitrogens is 1. The molecule has 39 heavy (non-hydrogen) atoms. The van der Waals surface area contributed by atoms with Crippen LogP contribution in [0, 0.1) is 11.3 Å². The number of piperidine rings is 1. The minimum Gasteiger partial charge on any atom is -0.481 e. The molecule has 3 heterocycles. The Labute approximate surface area is 232 Å². The zero-order valence-corrected chi connectivity index (χ0v) is 23.0. The summed E-state index contributed by atoms with van der Waals surface area (Å²) < 4.78 is 6.20. The van der Waals surface area contributed by atoms with Crippen molar-refractivity contribution in [2.45, 2.75) is 52.1 Å². The smallest absolute Gasteiger partial charge is 0.306 e. The van der Waals surface area contributed by atoms with E-state index in [1.54, 1.807) is 18.7 Å². The number of nitrogens with one attached hydrogen (secondary N) is 1. The third-order valence-corrected chi connectivity index (χ3v) is 8.14. The number of aromatic nitrogens is 2. The molecule has 2 aromatic heterocycles. The summed E-state index contributed by atoms with van der Waals surface area (Å²) in [6.45, 7) is 4.53. The molecule has 1 atom stereocenters. The summed E-state index contributed by atoms with van der Waals surface area (Å²) in [4.78, 5) is 33.5. The SMILES string of the molecule is CC(C)(CO)C(=O)N1CCC(Oc2cc3nc(Cl)c(-c4ccc(C5=CCC(C(=O)O)CC5)cc4)cc3[nH]2)CC1. The van der Waals surface area contributed by atoms with Crippen LogP contribution in [-0.2, 0) is 9.59 Å². The van der Waals surface area contributed by atoms with E-state index < -0.39 is 11.4 Å². The van der Waals surface area contributed by atoms with E-state index in [4.69, 9.17) is 16.3 Å². The number of aliphatic carboxylic acids is 1. The largest absolute Gasteiger partial charge is 0.481 e. The first-order valence-electron chi connectivity index (χ1n) is 13.4. The molecular formula is C30H34ClN3O5. The molecule has 0 bridgehead atoms. The number of aliphatic hydroxyl groups excluding tert-OH is 1. The van der Waals surface area contributed by atoms with E-state index in [-0.39, 0.29) is 24.5 Å². The molecule has 1 unspecified atom stereocenters. The van der Waals surface area contributed by atoms with Crippen LogP contribution in [0.2, 0.25) is 5.15 Å². The molecule has 8 nitrogen and oxygen atoms in total. The van der Waals surface area contributed by atoms with Gasteiger partial charge in [0.25, 0.3) is 0 Å². The highest BCUT2D eigenvalue weighted by atomic mass is 35.5. The number of hydrogen-bond donors (Lipinski definition) is 3. The highest BCUT2D eigenvalue weighted by Gasteiger charge is 2.34. The second-order valence-corrected chi connectivity index (χ2v) is 11.5. The molecule has 1 saturated heterocycles. The van der Waals surface area contributed by atoms with E-state index in [1.165, 1.54) is 5.57 Å². The number of benzene rings is 1. The van der Waals surface area contributed by atoms with Crippen molar-refractivity contribution in [3.8, 4) is 17.0 Å². The zero-order chi connectivity index (χ0) is 27.7. The average molecular weight is 552 g/mol. The van der Waals surface area contributed by atoms with Crippen molar-refractivity contribution in [2.75, 3.05) is 19.7 Å². The molecule has 1 aromatic carbocycles. The Kier molecular flexibility index (Phi) is 7.69. The Morgan fingerprint density at radius 1 is 1.13 bits per heavy atom. The summed E-state index contributed by atoms with van der Waals surface area (Å²) in [6.07, 6.45) is 5.41. The Bertz CT molecular complexity index is 1400. The van der Waals surface area contributed by atoms with Crippen LogP contribution in [0.3, 0.4) is 0 Å². The summed E-state index contributed by atoms with van der Waals surface area (Å²) in [7, 11) is 0. The summed E-state index contributed by atoms with van der Waals surface area (Å²) in [5, 5.41) is 19.1. The molecule has 1 aliphatic carbocycles. The van der Waals surface area contributed by atoms with Crippen LogP contribution in [0.25, 0.3) is 27.7 Å². The van der Waals surface area contributed by atoms with Gasteiger partial charge in [0, 0.05) is 37.6 Å². The molecular weight excluding hydrogens is 518 g/mol. The number of likely N-dealkylation sites (tertiary alicyclic amines) is 1. The number of ether oxygens (including phenoxy) is 1. The second-order valence-electron chi connectivity index (χ2n) is 11.2. The lowest BCUT2D eigenvalue weighted by atomic mass is 9.86. The van der Waals surface area contributed by atoms with Gasteiger partial charge in [0.2, 0.25) is 5.91 Å². The topological polar surface area (TPSA) is 116 Å². The maximum absolute atomic E-state index is 12.6. The van der Waals surface area contributed by atoms with Crippen molar-refractivity contribution in [3.63, 3.8) is 0 Å². The van der Waals surface area contributed by atoms with Gasteiger partial charge in [0.15, 0.2) is 5.88 Å². The van der Waals surface area contributed by atoms with Gasteiger partial charge >= 0.3 is 5.97 Å². The molecule has 206 valence electrons. The lowest BCUT2D eigenvalue weighted by Gasteiger charge is -2.36. The third kappa shape index (κ3) is 5.82. The number of nitrogens with zero attached hydrogens (tertiary/aromatic N) is 2. The van der Waals surface area contributed by atoms with Crippen LogP contribution in [-0.4, -0.2) is 62.8 Å². The van der Waals surface area contributed by atoms with Gasteiger partial charge in [-0.3, -0.25) is 9.59 Å². The molecule has 9 heteroatoms. The van der Waals surface area contributed by atoms with Gasteiger partial charge in [-0.25, -0.2) is 4.98 Å². The van der Waals surface area contributed by atoms with E-state index in [0.717, 1.165) is 28.6 Å². The Balaban J connectivity index is 1.25. The normalized spacial score (nSPS) is 18.7. The number of carboxylic acid groups (broad SMARTS) is 1. The molecule has 3 N–H and O–H groups in total. The number of fused-ring (bicyclic) bond motifs is 1. The van der Waals surface area contributed by atoms with Crippen LogP contribution in [0.4, 0.5) is 0 Å². The van der Waals surface area contributed by atoms with Crippen molar-refractivity contribution in [1.29, 1.82) is 0 Å². The predicted molar refractivity (Wildman–Crippen MR) is 151 cm³/mol. The number of hydrogen-bond acceptors (Lipinski definition) is 5. The molecule has 5 rings (SSSR count). The predicted octanol–water partition coefficient (Wildman–Crippen LogP) is 5.54. The number of aliphatic hydroxyl groups is 1. The van der Waals surface area contributed by atoms with Crippen molar-refractivity contribution in [3.05, 3.63) is 53.2 Å². The fraction of sp³-hybridized carbons (Fsp3) is 0.433. The maximum atomic E-state index is 12.6. The average Bonchev–Trinajstić information content (AvgIpc) is 3.33. The van der Waals surface area contributed by atoms with Gasteiger partial charge in [-0.15, -0.1) is 0 Å². The summed E-state index contributed by atoms with van der Waals surface area (Å²) in [6, 6.07) is 11.9. The number of carbonyl (C=O) groups is 2. The lowest BCUT2D eigenvalue weighted by molar-refractivity contribution is -0.144. The van der Waals surface area contributed by atoms with E-state index in [9.17, 15) is 19.8 Å². The van der Waals surface area contributed by atoms with Gasteiger partial charge in [-0.1, -0.05) is 41.9 Å². The standard InChI is InChI=1S/C30H34ClN3O5/c1-30(2,17-35)29(38)34-13-11-22(12-14-34)39-26-16-25-24(32-26)15-23(27(31)33-25)20-7-3-18(4-8-20)19-5-9-21(10-6-19)28(36)37/h3-5,7-8,15-16,21-22,32,35H,6,9-14,17H2,1-2H3,(H,36,37). The van der Waals surface area contributed by atoms with Gasteiger partial charge in [0.1, 0.15) is 11.3 Å². The molecule has 2 aliphatic rings. The van der Waals surface area contributed by atoms with Crippen LogP contribution in [0.15, 0.2) is 42.5 Å². The van der Waals surface area contributed by atoms with Gasteiger partial charge in [0.05, 0.1) is 29.0 Å². The van der Waals surface area contributed by atoms with E-state index in [1.807, 2.05) is 42.5 Å². The fourth-order valence-corrected chi connectivity index (χ4v) is 5.56. The van der Waals surface area contributed by atoms with E-state index >= 15 is 0 Å². The number of amides is 1. The maximum Gasteiger partial charge on any atom is 0.306 e. The zero-order valence-electron chi connectivity index (χ0n) is 22.2. The molecule has 0 radical (unpaired) electrons. The minimum absolute atomic E-state index is 0.0262. The van der Waals surface area contributed by atoms with Crippen LogP contribution in [0.5, 0.6) is 5.88 Å². The summed E-state index contributed by atoms with van der Waals surface area (Å²) >= 11 is 6.58. The number of allylic oxidation sites excluding steroid dienone is 2. The highest BCUT2D eigenvalue weighted by molar-refractivity contribution is 6.32. The second kappa shape index (κ2) is 11.0. The monoisotopic (exact) mass is 551 g/mol. The first kappa shape index (κ1) is 27.2. The Morgan fingerprint density at radius 2 is 1.82 bits per heavy atom. The number of rotatable bonds is 7. The number of carbonyl (C=O) groups excluding carboxylic acids is 1. The Hall–Kier alpha value is -3.36. The highest BCUT2D eigenvalue weighted by Crippen LogP contribution is 2.35. The van der Waals surface area contributed by atoms with Gasteiger partial charge in [-0.2, -0.15) is 0 Å². The number of halogens is 1. The van der Waals surface area contributed by atoms with Crippen molar-refractivity contribution in [1.82, 2.24) is 14.9 Å². The fourth-order valence-electron chi connectivity index (χ4n) is 5.31. The third-order valence-electron chi connectivity index (χ3n) is 7.86. The molecule has 0 saturated carbocycles. The molecule has 1 aliphatic heterocycles. The van der Waals surface area contributed by atoms with Gasteiger partial charge < -0.3 is 24.8 Å². The van der Waals surface area contributed by atoms with Crippen molar-refractivity contribution in [2.24, 2.45) is 11.3 Å². The first-order valence-corrected chi connectivity index (χ1v) is 13.8. The summed E-state index contributed by atoms with van der Waals surface area (Å²) in [5.74, 6) is -0.432. The van der Waals surface area contributed by atoms with E-state index in [0.29, 0.717) is 55.3 Å². The quantitative estimate of drug-likeness (QED) is 0.332. The first-order chi connectivity index (χ1) is 18.6. The molecule has 1 fully saturated rings. The summed E-state index contributed by atoms with van der Waals surface area (Å²) in [5.41, 5.74) is 4.79. The van der Waals surface area contributed by atoms with Crippen LogP contribution < -0.4 is 4.74 Å². The molecule has 1 amide bonds. The van der Waals surface area contributed by atoms with Crippen molar-refractivity contribution >= 4 is 40.1 Å².